The molecule has 0 radical (unpaired) electrons. The molecule has 4 nitrogen and oxygen atoms in total. The Morgan fingerprint density at radius 2 is 2.11 bits per heavy atom. The van der Waals surface area contributed by atoms with Gasteiger partial charge < -0.3 is 5.73 Å². The zero-order chi connectivity index (χ0) is 13.4. The van der Waals surface area contributed by atoms with Gasteiger partial charge in [-0.2, -0.15) is 5.10 Å². The van der Waals surface area contributed by atoms with Gasteiger partial charge in [-0.1, -0.05) is 12.1 Å². The van der Waals surface area contributed by atoms with Crippen LogP contribution in [-0.4, -0.2) is 14.6 Å². The third-order valence-corrected chi connectivity index (χ3v) is 3.62. The lowest BCUT2D eigenvalue weighted by Gasteiger charge is -2.12. The van der Waals surface area contributed by atoms with Crippen LogP contribution in [0.15, 0.2) is 47.5 Å². The summed E-state index contributed by atoms with van der Waals surface area (Å²) in [6, 6.07) is 4.49. The van der Waals surface area contributed by atoms with Crippen LogP contribution in [0.2, 0.25) is 0 Å². The Kier molecular flexibility index (Phi) is 3.04. The second-order valence-electron chi connectivity index (χ2n) is 4.13. The minimum absolute atomic E-state index is 0.349. The molecular weight excluding hydrogens is 311 g/mol. The highest BCUT2D eigenvalue weighted by molar-refractivity contribution is 9.10. The summed E-state index contributed by atoms with van der Waals surface area (Å²) in [5.74, 6) is -0.349. The molecule has 3 aromatic rings. The van der Waals surface area contributed by atoms with Crippen molar-refractivity contribution in [2.75, 3.05) is 0 Å². The summed E-state index contributed by atoms with van der Waals surface area (Å²) in [4.78, 5) is 4.04. The molecule has 0 aliphatic carbocycles. The summed E-state index contributed by atoms with van der Waals surface area (Å²) in [6.45, 7) is 0. The molecule has 2 heterocycles. The van der Waals surface area contributed by atoms with Crippen LogP contribution >= 0.6 is 15.9 Å². The Balaban J connectivity index is 2.13. The third-order valence-electron chi connectivity index (χ3n) is 3.01. The Bertz CT molecular complexity index is 740. The van der Waals surface area contributed by atoms with E-state index in [1.165, 1.54) is 0 Å². The fourth-order valence-electron chi connectivity index (χ4n) is 2.02. The van der Waals surface area contributed by atoms with Gasteiger partial charge in [0.25, 0.3) is 0 Å². The minimum atomic E-state index is -0.584. The van der Waals surface area contributed by atoms with Gasteiger partial charge >= 0.3 is 0 Å². The van der Waals surface area contributed by atoms with E-state index in [2.05, 4.69) is 26.0 Å². The van der Waals surface area contributed by atoms with E-state index in [4.69, 9.17) is 5.73 Å². The average molecular weight is 321 g/mol. The number of nitrogens with zero attached hydrogens (tertiary/aromatic N) is 3. The Morgan fingerprint density at radius 3 is 2.95 bits per heavy atom. The van der Waals surface area contributed by atoms with Crippen LogP contribution in [0.4, 0.5) is 4.39 Å². The molecule has 6 heteroatoms. The van der Waals surface area contributed by atoms with Crippen molar-refractivity contribution < 1.29 is 4.39 Å². The largest absolute Gasteiger partial charge is 0.320 e. The van der Waals surface area contributed by atoms with E-state index in [-0.39, 0.29) is 5.82 Å². The highest BCUT2D eigenvalue weighted by Gasteiger charge is 2.18. The molecule has 0 aliphatic heterocycles. The van der Waals surface area contributed by atoms with Gasteiger partial charge in [0.15, 0.2) is 0 Å². The second-order valence-corrected chi connectivity index (χ2v) is 4.98. The van der Waals surface area contributed by atoms with Crippen molar-refractivity contribution in [1.82, 2.24) is 14.6 Å². The van der Waals surface area contributed by atoms with Gasteiger partial charge in [-0.15, -0.1) is 0 Å². The molecule has 0 bridgehead atoms. The lowest BCUT2D eigenvalue weighted by molar-refractivity contribution is 0.594. The molecule has 1 unspecified atom stereocenters. The first-order chi connectivity index (χ1) is 9.18. The molecule has 2 N–H and O–H groups in total. The Morgan fingerprint density at radius 1 is 1.26 bits per heavy atom. The summed E-state index contributed by atoms with van der Waals surface area (Å²) >= 11 is 3.16. The van der Waals surface area contributed by atoms with Gasteiger partial charge in [-0.25, -0.2) is 8.91 Å². The quantitative estimate of drug-likeness (QED) is 0.789. The molecule has 0 fully saturated rings. The van der Waals surface area contributed by atoms with Crippen LogP contribution < -0.4 is 5.73 Å². The number of aromatic nitrogens is 3. The van der Waals surface area contributed by atoms with Crippen LogP contribution in [0.1, 0.15) is 17.2 Å². The molecule has 3 rings (SSSR count). The van der Waals surface area contributed by atoms with Crippen molar-refractivity contribution in [3.63, 3.8) is 0 Å². The van der Waals surface area contributed by atoms with Crippen molar-refractivity contribution >= 4 is 21.4 Å². The maximum absolute atomic E-state index is 14.1. The van der Waals surface area contributed by atoms with Crippen LogP contribution in [0.5, 0.6) is 0 Å². The van der Waals surface area contributed by atoms with Gasteiger partial charge in [0, 0.05) is 23.5 Å². The van der Waals surface area contributed by atoms with E-state index in [1.807, 2.05) is 0 Å². The predicted molar refractivity (Wildman–Crippen MR) is 73.1 cm³/mol. The van der Waals surface area contributed by atoms with Gasteiger partial charge in [0.05, 0.1) is 28.4 Å². The summed E-state index contributed by atoms with van der Waals surface area (Å²) in [5.41, 5.74) is 8.09. The predicted octanol–water partition coefficient (Wildman–Crippen LogP) is 2.68. The summed E-state index contributed by atoms with van der Waals surface area (Å²) in [6.07, 6.45) is 6.66. The maximum atomic E-state index is 14.1. The van der Waals surface area contributed by atoms with Crippen molar-refractivity contribution in [3.05, 3.63) is 64.4 Å². The summed E-state index contributed by atoms with van der Waals surface area (Å²) < 4.78 is 16.1. The molecule has 19 heavy (non-hydrogen) atoms. The highest BCUT2D eigenvalue weighted by Crippen LogP contribution is 2.28. The standard InChI is InChI=1S/C13H10BrFN4/c14-10-3-1-2-8(12(10)15)13(16)9-6-18-19-5-4-17-7-11(9)19/h1-7,13H,16H2. The Hall–Kier alpha value is -1.79. The molecule has 1 aromatic carbocycles. The van der Waals surface area contributed by atoms with Crippen LogP contribution in [0, 0.1) is 5.82 Å². The summed E-state index contributed by atoms with van der Waals surface area (Å²) in [7, 11) is 0. The normalized spacial score (nSPS) is 12.8. The fraction of sp³-hybridized carbons (Fsp3) is 0.0769. The molecule has 96 valence electrons. The molecule has 0 aliphatic rings. The highest BCUT2D eigenvalue weighted by atomic mass is 79.9. The monoisotopic (exact) mass is 320 g/mol. The van der Waals surface area contributed by atoms with Crippen LogP contribution in [-0.2, 0) is 0 Å². The summed E-state index contributed by atoms with van der Waals surface area (Å²) in [5, 5.41) is 4.18. The van der Waals surface area contributed by atoms with Crippen molar-refractivity contribution in [1.29, 1.82) is 0 Å². The van der Waals surface area contributed by atoms with Gasteiger partial charge in [-0.3, -0.25) is 4.98 Å². The first-order valence-corrected chi connectivity index (χ1v) is 6.44. The number of rotatable bonds is 2. The fourth-order valence-corrected chi connectivity index (χ4v) is 2.40. The molecular formula is C13H10BrFN4. The van der Waals surface area contributed by atoms with Crippen LogP contribution in [0.25, 0.3) is 5.52 Å². The van der Waals surface area contributed by atoms with Gasteiger partial charge in [-0.05, 0) is 22.0 Å². The van der Waals surface area contributed by atoms with Crippen molar-refractivity contribution in [3.8, 4) is 0 Å². The molecule has 1 atom stereocenters. The van der Waals surface area contributed by atoms with Crippen molar-refractivity contribution in [2.45, 2.75) is 6.04 Å². The number of hydrogen-bond donors (Lipinski definition) is 1. The number of hydrogen-bond acceptors (Lipinski definition) is 3. The third kappa shape index (κ3) is 2.02. The number of fused-ring (bicyclic) bond motifs is 1. The molecule has 0 saturated heterocycles. The SMILES string of the molecule is NC(c1cccc(Br)c1F)c1cnn2ccncc12. The zero-order valence-corrected chi connectivity index (χ0v) is 11.4. The molecule has 0 saturated carbocycles. The molecule has 0 spiro atoms. The minimum Gasteiger partial charge on any atom is -0.320 e. The van der Waals surface area contributed by atoms with Crippen molar-refractivity contribution in [2.24, 2.45) is 5.73 Å². The number of nitrogens with two attached hydrogens (primary N) is 1. The smallest absolute Gasteiger partial charge is 0.142 e. The van der Waals surface area contributed by atoms with Gasteiger partial charge in [0.1, 0.15) is 5.82 Å². The number of benzene rings is 1. The molecule has 2 aromatic heterocycles. The van der Waals surface area contributed by atoms with Crippen LogP contribution in [0.3, 0.4) is 0 Å². The van der Waals surface area contributed by atoms with Gasteiger partial charge in [0.2, 0.25) is 0 Å². The Labute approximate surface area is 117 Å². The van der Waals surface area contributed by atoms with E-state index in [0.717, 1.165) is 11.1 Å². The van der Waals surface area contributed by atoms with E-state index >= 15 is 0 Å². The lowest BCUT2D eigenvalue weighted by Crippen LogP contribution is -2.13. The first kappa shape index (κ1) is 12.3. The second kappa shape index (κ2) is 4.71. The molecule has 0 amide bonds. The topological polar surface area (TPSA) is 56.2 Å². The average Bonchev–Trinajstić information content (AvgIpc) is 2.85. The van der Waals surface area contributed by atoms with E-state index in [9.17, 15) is 4.39 Å². The van der Waals surface area contributed by atoms with E-state index < -0.39 is 6.04 Å². The maximum Gasteiger partial charge on any atom is 0.142 e. The lowest BCUT2D eigenvalue weighted by atomic mass is 10.0. The van der Waals surface area contributed by atoms with E-state index in [0.29, 0.717) is 10.0 Å². The zero-order valence-electron chi connectivity index (χ0n) is 9.79. The van der Waals surface area contributed by atoms with E-state index in [1.54, 1.807) is 47.5 Å². The number of halogens is 2. The first-order valence-electron chi connectivity index (χ1n) is 5.65.